The highest BCUT2D eigenvalue weighted by molar-refractivity contribution is 8.00. The summed E-state index contributed by atoms with van der Waals surface area (Å²) in [6.45, 7) is 33.0. The summed E-state index contributed by atoms with van der Waals surface area (Å²) in [4.78, 5) is 92.5. The van der Waals surface area contributed by atoms with E-state index in [-0.39, 0.29) is 41.1 Å². The third-order valence-corrected chi connectivity index (χ3v) is 26.2. The van der Waals surface area contributed by atoms with Gasteiger partial charge in [0.05, 0.1) is 36.7 Å². The summed E-state index contributed by atoms with van der Waals surface area (Å²) in [5.74, 6) is 9.40. The third-order valence-electron chi connectivity index (χ3n) is 24.4. The average molecular weight is 1620 g/mol. The first-order valence-electron chi connectivity index (χ1n) is 41.8. The molecule has 27 nitrogen and oxygen atoms in total. The van der Waals surface area contributed by atoms with Gasteiger partial charge in [-0.25, -0.2) is 4.98 Å². The highest BCUT2D eigenvalue weighted by Gasteiger charge is 2.35. The number of piperazine rings is 3. The number of amides is 3. The Kier molecular flexibility index (Phi) is 24.3. The molecule has 9 aromatic rings. The van der Waals surface area contributed by atoms with Gasteiger partial charge in [-0.1, -0.05) is 92.5 Å². The Balaban J connectivity index is 0.000000133. The number of likely N-dealkylation sites (tertiary alicyclic amines) is 1. The number of nitrogens with zero attached hydrogens (tertiary/aromatic N) is 18. The second-order valence-electron chi connectivity index (χ2n) is 32.1. The van der Waals surface area contributed by atoms with Crippen LogP contribution < -0.4 is 43.8 Å². The van der Waals surface area contributed by atoms with E-state index in [0.29, 0.717) is 122 Å². The van der Waals surface area contributed by atoms with Crippen LogP contribution in [0.3, 0.4) is 0 Å². The SMILES string of the molecule is C=CC(=O)N1CCN(c2nc(N3CCCC3)nc3c2CCN(c2cc(O)cc4ccccc24)C3)CC1.C=CC(=O)N1CCN(c2nc(OCCN3CCS(=C)(=O)CC3)nc3c2CCN(c2cc(O)cc4ccccc24)C3)CC1.C=CC(=O)N1CCN(c2nc(O[C@H](C)CN3CCCC3)nc3c2CCN(c2cc(O)cc4ccccc24)C3)CC1. The molecule has 3 amide bonds. The van der Waals surface area contributed by atoms with E-state index >= 15 is 0 Å². The molecule has 6 fully saturated rings. The van der Waals surface area contributed by atoms with E-state index in [1.54, 1.807) is 6.07 Å². The minimum absolute atomic E-state index is 0.00824. The number of hydrogen-bond acceptors (Lipinski definition) is 24. The van der Waals surface area contributed by atoms with Crippen LogP contribution in [0.1, 0.15) is 66.4 Å². The maximum absolute atomic E-state index is 12.2. The Morgan fingerprint density at radius 1 is 0.432 bits per heavy atom. The molecule has 0 saturated carbocycles. The summed E-state index contributed by atoms with van der Waals surface area (Å²) < 4.78 is 24.7. The van der Waals surface area contributed by atoms with E-state index in [1.807, 2.05) is 99.6 Å². The molecule has 0 unspecified atom stereocenters. The molecule has 9 aliphatic rings. The van der Waals surface area contributed by atoms with Crippen molar-refractivity contribution >= 4 is 106 Å². The quantitative estimate of drug-likeness (QED) is 0.0534. The summed E-state index contributed by atoms with van der Waals surface area (Å²) in [6, 6.07) is 36.1. The van der Waals surface area contributed by atoms with Gasteiger partial charge in [0.25, 0.3) is 0 Å². The molecular formula is C90H108N18O9S. The van der Waals surface area contributed by atoms with Gasteiger partial charge in [0, 0.05) is 217 Å². The van der Waals surface area contributed by atoms with Crippen LogP contribution in [-0.4, -0.2) is 272 Å². The first kappa shape index (κ1) is 80.3. The highest BCUT2D eigenvalue weighted by atomic mass is 32.2. The van der Waals surface area contributed by atoms with Crippen molar-refractivity contribution in [3.8, 4) is 29.3 Å². The van der Waals surface area contributed by atoms with Crippen LogP contribution in [0.2, 0.25) is 0 Å². The zero-order valence-corrected chi connectivity index (χ0v) is 68.6. The van der Waals surface area contributed by atoms with Crippen LogP contribution in [0.5, 0.6) is 29.3 Å². The number of hydrogen-bond donors (Lipinski definition) is 3. The van der Waals surface area contributed by atoms with Crippen molar-refractivity contribution in [2.75, 3.05) is 203 Å². The molecule has 618 valence electrons. The van der Waals surface area contributed by atoms with E-state index in [2.05, 4.69) is 94.8 Å². The van der Waals surface area contributed by atoms with E-state index in [1.165, 1.54) is 49.5 Å². The predicted molar refractivity (Wildman–Crippen MR) is 468 cm³/mol. The molecule has 3 N–H and O–H groups in total. The van der Waals surface area contributed by atoms with Gasteiger partial charge in [-0.2, -0.15) is 24.9 Å². The lowest BCUT2D eigenvalue weighted by atomic mass is 10.0. The molecule has 28 heteroatoms. The lowest BCUT2D eigenvalue weighted by Crippen LogP contribution is -2.49. The van der Waals surface area contributed by atoms with Gasteiger partial charge < -0.3 is 73.8 Å². The first-order chi connectivity index (χ1) is 57.4. The fourth-order valence-electron chi connectivity index (χ4n) is 18.0. The maximum atomic E-state index is 12.2. The van der Waals surface area contributed by atoms with Crippen molar-refractivity contribution in [2.45, 2.75) is 77.6 Å². The topological polar surface area (TPSA) is 264 Å². The number of aromatic hydroxyl groups is 3. The van der Waals surface area contributed by atoms with E-state index < -0.39 is 9.52 Å². The van der Waals surface area contributed by atoms with Crippen molar-refractivity contribution in [1.82, 2.24) is 54.4 Å². The second-order valence-corrected chi connectivity index (χ2v) is 34.8. The highest BCUT2D eigenvalue weighted by Crippen LogP contribution is 2.42. The van der Waals surface area contributed by atoms with Gasteiger partial charge in [-0.05, 0) is 133 Å². The van der Waals surface area contributed by atoms with Crippen LogP contribution in [0.4, 0.5) is 40.5 Å². The number of rotatable bonds is 18. The Morgan fingerprint density at radius 2 is 0.805 bits per heavy atom. The molecule has 1 atom stereocenters. The summed E-state index contributed by atoms with van der Waals surface area (Å²) in [5, 5.41) is 37.7. The molecule has 9 aliphatic heterocycles. The fraction of sp³-hybridized carbons (Fsp3) is 0.422. The number of aromatic nitrogens is 6. The van der Waals surface area contributed by atoms with Gasteiger partial charge in [0.15, 0.2) is 0 Å². The molecule has 18 rings (SSSR count). The van der Waals surface area contributed by atoms with Gasteiger partial charge in [0.2, 0.25) is 23.7 Å². The number of ether oxygens (including phenoxy) is 2. The molecule has 0 aliphatic carbocycles. The molecule has 0 spiro atoms. The number of carbonyl (C=O) groups excluding carboxylic acids is 3. The third kappa shape index (κ3) is 18.1. The minimum atomic E-state index is -1.94. The van der Waals surface area contributed by atoms with Crippen LogP contribution in [0, 0.1) is 0 Å². The van der Waals surface area contributed by atoms with Gasteiger partial charge in [-0.3, -0.25) is 28.4 Å². The summed E-state index contributed by atoms with van der Waals surface area (Å²) in [5.41, 5.74) is 9.40. The van der Waals surface area contributed by atoms with Gasteiger partial charge >= 0.3 is 12.0 Å². The zero-order chi connectivity index (χ0) is 81.6. The van der Waals surface area contributed by atoms with Crippen molar-refractivity contribution in [3.05, 3.63) is 181 Å². The van der Waals surface area contributed by atoms with Crippen molar-refractivity contribution < 1.29 is 43.4 Å². The average Bonchev–Trinajstić information content (AvgIpc) is 0.857. The molecule has 0 radical (unpaired) electrons. The Bertz CT molecular complexity index is 5330. The number of fused-ring (bicyclic) bond motifs is 6. The maximum Gasteiger partial charge on any atom is 0.318 e. The van der Waals surface area contributed by atoms with Gasteiger partial charge in [-0.15, -0.1) is 0 Å². The van der Waals surface area contributed by atoms with E-state index in [0.717, 1.165) is 199 Å². The smallest absolute Gasteiger partial charge is 0.318 e. The molecule has 12 heterocycles. The number of anilines is 7. The molecule has 6 saturated heterocycles. The largest absolute Gasteiger partial charge is 0.508 e. The van der Waals surface area contributed by atoms with Crippen LogP contribution >= 0.6 is 0 Å². The molecule has 3 aromatic heterocycles. The molecule has 6 aromatic carbocycles. The van der Waals surface area contributed by atoms with Crippen LogP contribution in [-0.2, 0) is 62.8 Å². The standard InChI is InChI=1S/C31H38N6O4S.C31H38N6O3.C28H32N6O2/c1-3-29(39)35-10-12-36(13-11-35)30-26-8-9-37(28-21-24(38)20-23-6-4-5-7-25(23)28)22-27(26)32-31(33-30)41-17-14-34-15-18-42(2,40)19-16-34;1-3-29(39)35-14-16-36(17-15-35)30-26-10-13-37(28-19-24(38)18-23-8-4-5-9-25(23)28)21-27(26)32-31(33-30)40-22(2)20-34-11-6-7-12-34;1-2-26(36)31-13-15-32(16-14-31)27-23-9-12-34(19-24(23)29-28(30-27)33-10-5-6-11-33)25-18-21(35)17-20-7-3-4-8-22(20)25/h3-7,20-21,38H,1-2,8-19,22H2;3-5,8-9,18-19,22,38H,1,6-7,10-17,20-21H2,2H3;2-4,7-8,17-18,35H,1,5-6,9-16,19H2/t;22-;/m.1./s1. The zero-order valence-electron chi connectivity index (χ0n) is 67.7. The summed E-state index contributed by atoms with van der Waals surface area (Å²) in [7, 11) is -1.94. The second kappa shape index (κ2) is 35.8. The summed E-state index contributed by atoms with van der Waals surface area (Å²) >= 11 is 0. The van der Waals surface area contributed by atoms with Crippen molar-refractivity contribution in [1.29, 1.82) is 0 Å². The Hall–Kier alpha value is -11.5. The molecular weight excluding hydrogens is 1510 g/mol. The lowest BCUT2D eigenvalue weighted by molar-refractivity contribution is -0.127. The van der Waals surface area contributed by atoms with Crippen molar-refractivity contribution in [2.24, 2.45) is 0 Å². The molecule has 0 bridgehead atoms. The van der Waals surface area contributed by atoms with E-state index in [4.69, 9.17) is 39.4 Å². The Morgan fingerprint density at radius 3 is 1.22 bits per heavy atom. The minimum Gasteiger partial charge on any atom is -0.508 e. The monoisotopic (exact) mass is 1620 g/mol. The summed E-state index contributed by atoms with van der Waals surface area (Å²) in [6.07, 6.45) is 11.3. The first-order valence-corrected chi connectivity index (χ1v) is 43.8. The number of phenols is 3. The van der Waals surface area contributed by atoms with E-state index in [9.17, 15) is 33.9 Å². The lowest BCUT2D eigenvalue weighted by Gasteiger charge is -2.38. The predicted octanol–water partition coefficient (Wildman–Crippen LogP) is 9.07. The van der Waals surface area contributed by atoms with Crippen molar-refractivity contribution in [3.63, 3.8) is 0 Å². The van der Waals surface area contributed by atoms with Gasteiger partial charge in [0.1, 0.15) is 47.4 Å². The van der Waals surface area contributed by atoms with Crippen LogP contribution in [0.25, 0.3) is 32.3 Å². The van der Waals surface area contributed by atoms with Crippen LogP contribution in [0.15, 0.2) is 147 Å². The fourth-order valence-corrected chi connectivity index (χ4v) is 19.4. The Labute approximate surface area is 690 Å². The number of carbonyl (C=O) groups is 3. The normalized spacial score (nSPS) is 18.6. The number of benzene rings is 6. The number of phenolic OH excluding ortho intramolecular Hbond substituents is 3. The molecule has 118 heavy (non-hydrogen) atoms.